The van der Waals surface area contributed by atoms with E-state index < -0.39 is 0 Å². The van der Waals surface area contributed by atoms with Crippen LogP contribution < -0.4 is 9.80 Å². The van der Waals surface area contributed by atoms with E-state index in [4.69, 9.17) is 0 Å². The SMILES string of the molecule is Cc1cc#cc(N(c2ccc(-c3ccccc3)cc2)c2ccc(-c3ccc(-c4ccc(N(c5ccc(-c6ccccc6)cc5)c5cccc(C)c5)cc4)cc3)cc2)c1. The van der Waals surface area contributed by atoms with Gasteiger partial charge in [-0.1, -0.05) is 152 Å². The number of hydrogen-bond donors (Lipinski definition) is 0. The minimum Gasteiger partial charge on any atom is -0.310 e. The van der Waals surface area contributed by atoms with Crippen LogP contribution in [0.3, 0.4) is 0 Å². The topological polar surface area (TPSA) is 6.48 Å². The molecule has 0 aromatic heterocycles. The van der Waals surface area contributed by atoms with Gasteiger partial charge in [0.15, 0.2) is 0 Å². The fraction of sp³-hybridized carbons (Fsp3) is 0.0357. The number of anilines is 6. The van der Waals surface area contributed by atoms with E-state index in [1.807, 2.05) is 6.07 Å². The molecule has 0 saturated heterocycles. The predicted molar refractivity (Wildman–Crippen MR) is 245 cm³/mol. The first-order valence-electron chi connectivity index (χ1n) is 19.7. The molecule has 58 heavy (non-hydrogen) atoms. The van der Waals surface area contributed by atoms with E-state index in [0.29, 0.717) is 0 Å². The van der Waals surface area contributed by atoms with Crippen molar-refractivity contribution in [2.24, 2.45) is 0 Å². The standard InChI is InChI=1S/C56H42N2/c1-41-11-9-17-55(39-41)57(51-31-23-47(24-32-51)43-13-5-3-6-14-43)53-35-27-49(28-36-53)45-19-21-46(22-20-45)50-29-37-54(38-30-50)58(56-18-10-12-42(2)40-56)52-33-25-48(26-34-52)44-15-7-4-8-16-44/h3-9,11-17,19-40H,1-2H3. The molecule has 0 amide bonds. The lowest BCUT2D eigenvalue weighted by Gasteiger charge is -2.26. The first kappa shape index (κ1) is 36.1. The van der Waals surface area contributed by atoms with Gasteiger partial charge in [-0.25, -0.2) is 0 Å². The van der Waals surface area contributed by atoms with Gasteiger partial charge in [-0.05, 0) is 148 Å². The van der Waals surface area contributed by atoms with Gasteiger partial charge in [0.25, 0.3) is 0 Å². The van der Waals surface area contributed by atoms with E-state index in [2.05, 4.69) is 248 Å². The van der Waals surface area contributed by atoms with Crippen molar-refractivity contribution in [3.63, 3.8) is 0 Å². The summed E-state index contributed by atoms with van der Waals surface area (Å²) in [5.74, 6) is 0. The van der Waals surface area contributed by atoms with Crippen molar-refractivity contribution in [2.45, 2.75) is 13.8 Å². The van der Waals surface area contributed by atoms with Crippen molar-refractivity contribution in [3.05, 3.63) is 242 Å². The second-order valence-corrected chi connectivity index (χ2v) is 14.7. The Morgan fingerprint density at radius 1 is 0.293 bits per heavy atom. The average Bonchev–Trinajstić information content (AvgIpc) is 3.28. The number of aryl methyl sites for hydroxylation is 2. The summed E-state index contributed by atoms with van der Waals surface area (Å²) in [6.07, 6.45) is 0. The normalized spacial score (nSPS) is 10.8. The van der Waals surface area contributed by atoms with Crippen LogP contribution in [-0.4, -0.2) is 0 Å². The molecule has 2 heteroatoms. The molecule has 276 valence electrons. The van der Waals surface area contributed by atoms with Gasteiger partial charge in [-0.2, -0.15) is 0 Å². The lowest BCUT2D eigenvalue weighted by Crippen LogP contribution is -2.10. The third kappa shape index (κ3) is 7.76. The number of rotatable bonds is 10. The van der Waals surface area contributed by atoms with Crippen LogP contribution in [0.15, 0.2) is 218 Å². The van der Waals surface area contributed by atoms with Gasteiger partial charge in [0.05, 0.1) is 5.69 Å². The van der Waals surface area contributed by atoms with Crippen LogP contribution in [-0.2, 0) is 0 Å². The maximum Gasteiger partial charge on any atom is 0.0976 e. The van der Waals surface area contributed by atoms with Crippen LogP contribution in [0.2, 0.25) is 0 Å². The van der Waals surface area contributed by atoms with Crippen molar-refractivity contribution in [3.8, 4) is 44.5 Å². The number of hydrogen-bond acceptors (Lipinski definition) is 2. The molecule has 0 heterocycles. The Hall–Kier alpha value is -7.60. The maximum atomic E-state index is 3.35. The molecular formula is C56H42N2. The van der Waals surface area contributed by atoms with Gasteiger partial charge in [-0.15, -0.1) is 0 Å². The Labute approximate surface area is 342 Å². The Balaban J connectivity index is 0.957. The molecule has 0 aliphatic heterocycles. The van der Waals surface area contributed by atoms with E-state index in [9.17, 15) is 0 Å². The summed E-state index contributed by atoms with van der Waals surface area (Å²) in [7, 11) is 0. The molecule has 9 rings (SSSR count). The first-order chi connectivity index (χ1) is 28.6. The second kappa shape index (κ2) is 16.2. The van der Waals surface area contributed by atoms with E-state index in [1.165, 1.54) is 44.5 Å². The summed E-state index contributed by atoms with van der Waals surface area (Å²) in [5.41, 5.74) is 18.3. The zero-order chi connectivity index (χ0) is 39.3. The summed E-state index contributed by atoms with van der Waals surface area (Å²) >= 11 is 0. The Bertz CT molecular complexity index is 2540. The molecule has 0 aliphatic rings. The smallest absolute Gasteiger partial charge is 0.0976 e. The Morgan fingerprint density at radius 2 is 0.655 bits per heavy atom. The largest absolute Gasteiger partial charge is 0.310 e. The zero-order valence-corrected chi connectivity index (χ0v) is 32.7. The van der Waals surface area contributed by atoms with E-state index >= 15 is 0 Å². The van der Waals surface area contributed by atoms with E-state index in [0.717, 1.165) is 45.3 Å². The van der Waals surface area contributed by atoms with E-state index in [-0.39, 0.29) is 0 Å². The fourth-order valence-corrected chi connectivity index (χ4v) is 7.61. The molecule has 0 aliphatic carbocycles. The molecule has 0 unspecified atom stereocenters. The first-order valence-corrected chi connectivity index (χ1v) is 19.7. The minimum absolute atomic E-state index is 0.957. The molecule has 2 nitrogen and oxygen atoms in total. The highest BCUT2D eigenvalue weighted by atomic mass is 15.1. The summed E-state index contributed by atoms with van der Waals surface area (Å²) in [6, 6.07) is 84.5. The zero-order valence-electron chi connectivity index (χ0n) is 32.7. The summed E-state index contributed by atoms with van der Waals surface area (Å²) < 4.78 is 0. The molecule has 0 spiro atoms. The Morgan fingerprint density at radius 3 is 1.03 bits per heavy atom. The highest BCUT2D eigenvalue weighted by Crippen LogP contribution is 2.39. The molecule has 0 bridgehead atoms. The molecular weight excluding hydrogens is 701 g/mol. The summed E-state index contributed by atoms with van der Waals surface area (Å²) in [6.45, 7) is 4.24. The van der Waals surface area contributed by atoms with Crippen molar-refractivity contribution in [1.82, 2.24) is 0 Å². The monoisotopic (exact) mass is 742 g/mol. The third-order valence-corrected chi connectivity index (χ3v) is 10.6. The van der Waals surface area contributed by atoms with Crippen molar-refractivity contribution < 1.29 is 0 Å². The third-order valence-electron chi connectivity index (χ3n) is 10.6. The molecule has 0 saturated carbocycles. The van der Waals surface area contributed by atoms with E-state index in [1.54, 1.807) is 0 Å². The van der Waals surface area contributed by atoms with Crippen LogP contribution in [0.25, 0.3) is 44.5 Å². The molecule has 0 N–H and O–H groups in total. The van der Waals surface area contributed by atoms with Gasteiger partial charge in [0.2, 0.25) is 0 Å². The van der Waals surface area contributed by atoms with Gasteiger partial charge < -0.3 is 9.80 Å². The molecule has 0 atom stereocenters. The van der Waals surface area contributed by atoms with Crippen LogP contribution >= 0.6 is 0 Å². The second-order valence-electron chi connectivity index (χ2n) is 14.7. The predicted octanol–water partition coefficient (Wildman–Crippen LogP) is 15.5. The van der Waals surface area contributed by atoms with Crippen molar-refractivity contribution >= 4 is 34.1 Å². The molecule has 9 aromatic rings. The molecule has 9 aromatic carbocycles. The fourth-order valence-electron chi connectivity index (χ4n) is 7.61. The van der Waals surface area contributed by atoms with Crippen LogP contribution in [0.5, 0.6) is 0 Å². The Kier molecular flexibility index (Phi) is 10.1. The lowest BCUT2D eigenvalue weighted by atomic mass is 9.99. The highest BCUT2D eigenvalue weighted by Gasteiger charge is 2.15. The van der Waals surface area contributed by atoms with Crippen molar-refractivity contribution in [1.29, 1.82) is 0 Å². The molecule has 0 radical (unpaired) electrons. The van der Waals surface area contributed by atoms with Crippen molar-refractivity contribution in [2.75, 3.05) is 9.80 Å². The molecule has 0 fully saturated rings. The number of nitrogens with zero attached hydrogens (tertiary/aromatic N) is 2. The quantitative estimate of drug-likeness (QED) is 0.138. The van der Waals surface area contributed by atoms with Gasteiger partial charge in [0, 0.05) is 28.4 Å². The summed E-state index contributed by atoms with van der Waals surface area (Å²) in [4.78, 5) is 4.57. The lowest BCUT2D eigenvalue weighted by molar-refractivity contribution is 1.27. The van der Waals surface area contributed by atoms with Crippen LogP contribution in [0.1, 0.15) is 11.1 Å². The highest BCUT2D eigenvalue weighted by molar-refractivity contribution is 5.82. The maximum absolute atomic E-state index is 3.35. The average molecular weight is 743 g/mol. The summed E-state index contributed by atoms with van der Waals surface area (Å²) in [5, 5.41) is 0. The minimum atomic E-state index is 0.957. The van der Waals surface area contributed by atoms with Gasteiger partial charge >= 0.3 is 0 Å². The van der Waals surface area contributed by atoms with Crippen LogP contribution in [0, 0.1) is 26.0 Å². The van der Waals surface area contributed by atoms with Gasteiger partial charge in [-0.3, -0.25) is 0 Å². The van der Waals surface area contributed by atoms with Crippen LogP contribution in [0.4, 0.5) is 34.1 Å². The van der Waals surface area contributed by atoms with Gasteiger partial charge in [0.1, 0.15) is 0 Å². The number of benzene rings is 8.